The molecule has 3 nitrogen and oxygen atoms in total. The van der Waals surface area contributed by atoms with Crippen LogP contribution < -0.4 is 0 Å². The zero-order chi connectivity index (χ0) is 16.1. The molecule has 0 spiro atoms. The third kappa shape index (κ3) is 6.27. The maximum Gasteiger partial charge on any atom is 0.485 e. The summed E-state index contributed by atoms with van der Waals surface area (Å²) in [6, 6.07) is 8.83. The smallest absolute Gasteiger partial charge is 0.485 e. The molecule has 1 aliphatic carbocycles. The molecule has 2 rings (SSSR count). The van der Waals surface area contributed by atoms with Gasteiger partial charge in [-0.05, 0) is 49.1 Å². The van der Waals surface area contributed by atoms with Crippen molar-refractivity contribution in [1.29, 1.82) is 0 Å². The summed E-state index contributed by atoms with van der Waals surface area (Å²) >= 11 is 3.52. The Labute approximate surface area is 127 Å². The Bertz CT molecular complexity index is 533. The van der Waals surface area contributed by atoms with E-state index in [1.165, 1.54) is 42.6 Å². The minimum absolute atomic E-state index is 0.834. The fourth-order valence-electron chi connectivity index (χ4n) is 2.19. The third-order valence-electron chi connectivity index (χ3n) is 3.27. The summed E-state index contributed by atoms with van der Waals surface area (Å²) in [5.74, 6) is 0.834. The molecule has 0 radical (unpaired) electrons. The Balaban J connectivity index is 0.000000240. The van der Waals surface area contributed by atoms with Crippen molar-refractivity contribution in [2.45, 2.75) is 48.4 Å². The molecular weight excluding hydrogens is 325 g/mol. The van der Waals surface area contributed by atoms with E-state index in [1.807, 2.05) is 0 Å². The topological polar surface area (TPSA) is 57.2 Å². The summed E-state index contributed by atoms with van der Waals surface area (Å²) in [6.45, 7) is 0. The lowest BCUT2D eigenvalue weighted by Crippen LogP contribution is -2.21. The highest BCUT2D eigenvalue weighted by Crippen LogP contribution is 2.32. The van der Waals surface area contributed by atoms with Crippen LogP contribution in [0.5, 0.6) is 0 Å². The van der Waals surface area contributed by atoms with E-state index in [0.29, 0.717) is 0 Å². The first kappa shape index (κ1) is 18.3. The van der Waals surface area contributed by atoms with Crippen LogP contribution in [0.1, 0.15) is 43.6 Å². The van der Waals surface area contributed by atoms with Crippen molar-refractivity contribution >= 4 is 22.7 Å². The van der Waals surface area contributed by atoms with Crippen LogP contribution in [0.4, 0.5) is 13.2 Å². The molecule has 0 aliphatic heterocycles. The van der Waals surface area contributed by atoms with Crippen LogP contribution in [0, 0.1) is 0 Å². The van der Waals surface area contributed by atoms with E-state index in [-0.39, 0.29) is 0 Å². The maximum absolute atomic E-state index is 10.7. The van der Waals surface area contributed by atoms with Gasteiger partial charge in [0.25, 0.3) is 0 Å². The second-order valence-corrected chi connectivity index (χ2v) is 6.81. The van der Waals surface area contributed by atoms with Crippen molar-refractivity contribution in [3.63, 3.8) is 0 Å². The normalized spacial score (nSPS) is 17.0. The Hall–Kier alpha value is -0.730. The highest BCUT2D eigenvalue weighted by molar-refractivity contribution is 7.86. The highest BCUT2D eigenvalue weighted by atomic mass is 32.2. The molecule has 0 heterocycles. The monoisotopic (exact) mass is 342 g/mol. The SMILES string of the molecule is O=S(=O)([O-])C(F)(F)F.[SH2+]c1ccc(C2CCCCC2)cc1. The van der Waals surface area contributed by atoms with E-state index in [9.17, 15) is 13.2 Å². The van der Waals surface area contributed by atoms with Gasteiger partial charge in [-0.3, -0.25) is 0 Å². The van der Waals surface area contributed by atoms with Crippen LogP contribution in [0.25, 0.3) is 0 Å². The molecule has 1 aromatic rings. The van der Waals surface area contributed by atoms with E-state index in [0.717, 1.165) is 5.92 Å². The Morgan fingerprint density at radius 1 is 1.05 bits per heavy atom. The molecule has 120 valence electrons. The lowest BCUT2D eigenvalue weighted by molar-refractivity contribution is -0.0517. The van der Waals surface area contributed by atoms with Gasteiger partial charge in [0, 0.05) is 0 Å². The largest absolute Gasteiger partial charge is 0.741 e. The highest BCUT2D eigenvalue weighted by Gasteiger charge is 2.36. The van der Waals surface area contributed by atoms with Crippen LogP contribution in [-0.4, -0.2) is 18.5 Å². The molecule has 0 unspecified atom stereocenters. The number of hydrogen-bond acceptors (Lipinski definition) is 3. The van der Waals surface area contributed by atoms with Crippen LogP contribution in [0.3, 0.4) is 0 Å². The van der Waals surface area contributed by atoms with Crippen molar-refractivity contribution in [3.8, 4) is 0 Å². The van der Waals surface area contributed by atoms with E-state index in [1.54, 1.807) is 0 Å². The van der Waals surface area contributed by atoms with Gasteiger partial charge in [0.1, 0.15) is 4.90 Å². The molecule has 1 aromatic carbocycles. The molecule has 21 heavy (non-hydrogen) atoms. The molecule has 8 heteroatoms. The van der Waals surface area contributed by atoms with Crippen LogP contribution in [0.15, 0.2) is 29.2 Å². The molecule has 1 fully saturated rings. The number of hydrogen-bond donors (Lipinski definition) is 0. The van der Waals surface area contributed by atoms with Gasteiger partial charge >= 0.3 is 5.51 Å². The van der Waals surface area contributed by atoms with Crippen LogP contribution >= 0.6 is 0 Å². The lowest BCUT2D eigenvalue weighted by Gasteiger charge is -2.21. The molecule has 0 amide bonds. The number of benzene rings is 1. The van der Waals surface area contributed by atoms with Crippen molar-refractivity contribution in [3.05, 3.63) is 29.8 Å². The molecule has 1 saturated carbocycles. The first-order chi connectivity index (χ1) is 9.61. The summed E-state index contributed by atoms with van der Waals surface area (Å²) < 4.78 is 58.9. The van der Waals surface area contributed by atoms with Gasteiger partial charge in [-0.2, -0.15) is 13.2 Å². The Morgan fingerprint density at radius 2 is 1.48 bits per heavy atom. The van der Waals surface area contributed by atoms with Gasteiger partial charge in [0.05, 0.1) is 0 Å². The van der Waals surface area contributed by atoms with E-state index < -0.39 is 15.6 Å². The summed E-state index contributed by atoms with van der Waals surface area (Å²) in [4.78, 5) is 1.18. The average Bonchev–Trinajstić information content (AvgIpc) is 2.39. The quantitative estimate of drug-likeness (QED) is 0.447. The van der Waals surface area contributed by atoms with E-state index in [2.05, 4.69) is 36.9 Å². The molecule has 0 aromatic heterocycles. The minimum atomic E-state index is -6.09. The maximum atomic E-state index is 10.7. The van der Waals surface area contributed by atoms with Crippen molar-refractivity contribution in [1.82, 2.24) is 0 Å². The second-order valence-electron chi connectivity index (χ2n) is 4.86. The van der Waals surface area contributed by atoms with Gasteiger partial charge < -0.3 is 4.55 Å². The van der Waals surface area contributed by atoms with E-state index >= 15 is 0 Å². The zero-order valence-electron chi connectivity index (χ0n) is 11.2. The summed E-state index contributed by atoms with van der Waals surface area (Å²) in [5, 5.41) is 0. The molecule has 0 N–H and O–H groups in total. The summed E-state index contributed by atoms with van der Waals surface area (Å²) in [7, 11) is -6.09. The summed E-state index contributed by atoms with van der Waals surface area (Å²) in [6.07, 6.45) is 7.05. The fraction of sp³-hybridized carbons (Fsp3) is 0.538. The summed E-state index contributed by atoms with van der Waals surface area (Å²) in [5.41, 5.74) is -4.12. The minimum Gasteiger partial charge on any atom is -0.741 e. The van der Waals surface area contributed by atoms with Crippen molar-refractivity contribution in [2.24, 2.45) is 0 Å². The Morgan fingerprint density at radius 3 is 1.86 bits per heavy atom. The van der Waals surface area contributed by atoms with Crippen LogP contribution in [-0.2, 0) is 22.7 Å². The molecule has 0 saturated heterocycles. The molecule has 0 atom stereocenters. The Kier molecular flexibility index (Phi) is 6.55. The third-order valence-corrected chi connectivity index (χ3v) is 4.17. The molecule has 1 aliphatic rings. The van der Waals surface area contributed by atoms with Gasteiger partial charge in [0.15, 0.2) is 10.1 Å². The zero-order valence-corrected chi connectivity index (χ0v) is 13.0. The van der Waals surface area contributed by atoms with E-state index in [4.69, 9.17) is 13.0 Å². The predicted molar refractivity (Wildman–Crippen MR) is 76.4 cm³/mol. The van der Waals surface area contributed by atoms with Gasteiger partial charge in [-0.15, -0.1) is 0 Å². The number of rotatable bonds is 1. The lowest BCUT2D eigenvalue weighted by atomic mass is 9.84. The van der Waals surface area contributed by atoms with Crippen molar-refractivity contribution < 1.29 is 26.1 Å². The fourth-order valence-corrected chi connectivity index (χ4v) is 2.36. The molecule has 0 bridgehead atoms. The first-order valence-corrected chi connectivity index (χ1v) is 8.36. The first-order valence-electron chi connectivity index (χ1n) is 6.45. The van der Waals surface area contributed by atoms with Crippen molar-refractivity contribution in [2.75, 3.05) is 0 Å². The molecular formula is C13H17F3O3S2. The standard InChI is InChI=1S/C12H16S.CHF3O3S/c13-12-8-6-11(7-9-12)10-4-2-1-3-5-10;2-1(3,4)8(5,6)7/h6-10,13H,1-5H2;(H,5,6,7). The van der Waals surface area contributed by atoms with Gasteiger partial charge in [-0.25, -0.2) is 8.42 Å². The second kappa shape index (κ2) is 7.51. The number of alkyl halides is 3. The predicted octanol–water partition coefficient (Wildman–Crippen LogP) is 3.16. The van der Waals surface area contributed by atoms with Gasteiger partial charge in [0.2, 0.25) is 0 Å². The van der Waals surface area contributed by atoms with Crippen LogP contribution in [0.2, 0.25) is 0 Å². The average molecular weight is 342 g/mol. The van der Waals surface area contributed by atoms with Gasteiger partial charge in [-0.1, -0.05) is 31.4 Å². The number of halogens is 3.